The van der Waals surface area contributed by atoms with E-state index in [4.69, 9.17) is 4.74 Å². The van der Waals surface area contributed by atoms with Gasteiger partial charge in [0.15, 0.2) is 0 Å². The number of rotatable bonds is 2. The number of methoxy groups -OCH3 is 1. The number of hydrogen-bond acceptors (Lipinski definition) is 4. The SMILES string of the molecule is COC(=O)N1CCN(C(=O)Cc2ccc3c(c2)CCC(=O)N3C)CC1. The number of nitrogens with zero attached hydrogens (tertiary/aromatic N) is 3. The molecule has 0 N–H and O–H groups in total. The van der Waals surface area contributed by atoms with Crippen molar-refractivity contribution in [2.24, 2.45) is 0 Å². The van der Waals surface area contributed by atoms with Crippen molar-refractivity contribution in [3.05, 3.63) is 29.3 Å². The lowest BCUT2D eigenvalue weighted by atomic mass is 9.98. The Morgan fingerprint density at radius 3 is 2.44 bits per heavy atom. The molecule has 0 aromatic heterocycles. The van der Waals surface area contributed by atoms with Gasteiger partial charge in [0, 0.05) is 45.3 Å². The Bertz CT molecular complexity index is 696. The third-order valence-electron chi connectivity index (χ3n) is 4.91. The molecule has 0 bridgehead atoms. The van der Waals surface area contributed by atoms with E-state index in [9.17, 15) is 14.4 Å². The molecule has 0 aliphatic carbocycles. The van der Waals surface area contributed by atoms with Crippen molar-refractivity contribution in [2.75, 3.05) is 45.2 Å². The highest BCUT2D eigenvalue weighted by atomic mass is 16.5. The molecule has 7 nitrogen and oxygen atoms in total. The fourth-order valence-electron chi connectivity index (χ4n) is 3.37. The first-order valence-corrected chi connectivity index (χ1v) is 8.48. The molecule has 1 aromatic carbocycles. The van der Waals surface area contributed by atoms with Crippen molar-refractivity contribution in [3.63, 3.8) is 0 Å². The molecule has 3 rings (SSSR count). The molecule has 3 amide bonds. The van der Waals surface area contributed by atoms with Crippen LogP contribution < -0.4 is 4.90 Å². The lowest BCUT2D eigenvalue weighted by Gasteiger charge is -2.34. The predicted molar refractivity (Wildman–Crippen MR) is 92.4 cm³/mol. The number of fused-ring (bicyclic) bond motifs is 1. The fraction of sp³-hybridized carbons (Fsp3) is 0.500. The predicted octanol–water partition coefficient (Wildman–Crippen LogP) is 1.05. The maximum Gasteiger partial charge on any atom is 0.409 e. The quantitative estimate of drug-likeness (QED) is 0.803. The molecular formula is C18H23N3O4. The summed E-state index contributed by atoms with van der Waals surface area (Å²) in [5.74, 6) is 0.185. The van der Waals surface area contributed by atoms with Crippen LogP contribution in [0, 0.1) is 0 Å². The van der Waals surface area contributed by atoms with E-state index < -0.39 is 0 Å². The van der Waals surface area contributed by atoms with Crippen molar-refractivity contribution in [1.29, 1.82) is 0 Å². The van der Waals surface area contributed by atoms with Crippen LogP contribution in [-0.4, -0.2) is 68.0 Å². The molecule has 2 heterocycles. The lowest BCUT2D eigenvalue weighted by Crippen LogP contribution is -2.50. The monoisotopic (exact) mass is 345 g/mol. The molecule has 0 spiro atoms. The van der Waals surface area contributed by atoms with E-state index in [-0.39, 0.29) is 17.9 Å². The van der Waals surface area contributed by atoms with Crippen LogP contribution in [0.3, 0.4) is 0 Å². The fourth-order valence-corrected chi connectivity index (χ4v) is 3.37. The summed E-state index contributed by atoms with van der Waals surface area (Å²) < 4.78 is 4.71. The Morgan fingerprint density at radius 2 is 1.76 bits per heavy atom. The van der Waals surface area contributed by atoms with Crippen LogP contribution in [0.25, 0.3) is 0 Å². The summed E-state index contributed by atoms with van der Waals surface area (Å²) >= 11 is 0. The van der Waals surface area contributed by atoms with Gasteiger partial charge in [-0.3, -0.25) is 9.59 Å². The van der Waals surface area contributed by atoms with E-state index >= 15 is 0 Å². The summed E-state index contributed by atoms with van der Waals surface area (Å²) in [7, 11) is 3.15. The van der Waals surface area contributed by atoms with Gasteiger partial charge in [-0.25, -0.2) is 4.79 Å². The van der Waals surface area contributed by atoms with Crippen LogP contribution in [0.15, 0.2) is 18.2 Å². The van der Waals surface area contributed by atoms with E-state index in [1.54, 1.807) is 21.7 Å². The number of carbonyl (C=O) groups excluding carboxylic acids is 3. The number of piperazine rings is 1. The molecule has 7 heteroatoms. The summed E-state index contributed by atoms with van der Waals surface area (Å²) in [6.45, 7) is 2.04. The van der Waals surface area contributed by atoms with Crippen LogP contribution in [0.1, 0.15) is 17.5 Å². The van der Waals surface area contributed by atoms with Gasteiger partial charge in [-0.05, 0) is 23.6 Å². The van der Waals surface area contributed by atoms with Gasteiger partial charge in [0.05, 0.1) is 13.5 Å². The van der Waals surface area contributed by atoms with Gasteiger partial charge in [0.1, 0.15) is 0 Å². The number of aryl methyl sites for hydroxylation is 1. The lowest BCUT2D eigenvalue weighted by molar-refractivity contribution is -0.132. The molecule has 0 atom stereocenters. The van der Waals surface area contributed by atoms with Gasteiger partial charge in [0.25, 0.3) is 0 Å². The second kappa shape index (κ2) is 7.13. The standard InChI is InChI=1S/C18H23N3O4/c1-19-15-5-3-13(11-14(15)4-6-16(19)22)12-17(23)20-7-9-21(10-8-20)18(24)25-2/h3,5,11H,4,6-10,12H2,1-2H3. The number of anilines is 1. The van der Waals surface area contributed by atoms with Crippen LogP contribution in [-0.2, 0) is 27.2 Å². The summed E-state index contributed by atoms with van der Waals surface area (Å²) in [5.41, 5.74) is 3.00. The normalized spacial score (nSPS) is 17.4. The highest BCUT2D eigenvalue weighted by molar-refractivity contribution is 5.96. The average Bonchev–Trinajstić information content (AvgIpc) is 2.64. The molecule has 0 radical (unpaired) electrons. The molecule has 2 aliphatic heterocycles. The first kappa shape index (κ1) is 17.3. The number of hydrogen-bond donors (Lipinski definition) is 0. The van der Waals surface area contributed by atoms with E-state index in [2.05, 4.69) is 0 Å². The number of benzene rings is 1. The minimum absolute atomic E-state index is 0.0599. The highest BCUT2D eigenvalue weighted by Gasteiger charge is 2.25. The van der Waals surface area contributed by atoms with E-state index in [1.165, 1.54) is 7.11 Å². The third kappa shape index (κ3) is 3.60. The number of carbonyl (C=O) groups is 3. The summed E-state index contributed by atoms with van der Waals surface area (Å²) in [5, 5.41) is 0. The van der Waals surface area contributed by atoms with Gasteiger partial charge in [0.2, 0.25) is 11.8 Å². The molecule has 0 unspecified atom stereocenters. The summed E-state index contributed by atoms with van der Waals surface area (Å²) in [4.78, 5) is 40.8. The zero-order valence-corrected chi connectivity index (χ0v) is 14.7. The molecule has 134 valence electrons. The molecule has 1 fully saturated rings. The van der Waals surface area contributed by atoms with Crippen LogP contribution in [0.4, 0.5) is 10.5 Å². The second-order valence-corrected chi connectivity index (χ2v) is 6.43. The molecule has 1 aromatic rings. The molecule has 0 saturated carbocycles. The van der Waals surface area contributed by atoms with Crippen LogP contribution in [0.5, 0.6) is 0 Å². The van der Waals surface area contributed by atoms with Crippen molar-refractivity contribution in [3.8, 4) is 0 Å². The highest BCUT2D eigenvalue weighted by Crippen LogP contribution is 2.27. The van der Waals surface area contributed by atoms with Gasteiger partial charge in [-0.1, -0.05) is 12.1 Å². The second-order valence-electron chi connectivity index (χ2n) is 6.43. The van der Waals surface area contributed by atoms with Crippen molar-refractivity contribution in [1.82, 2.24) is 9.80 Å². The minimum Gasteiger partial charge on any atom is -0.453 e. The first-order valence-electron chi connectivity index (χ1n) is 8.48. The molecule has 1 saturated heterocycles. The smallest absolute Gasteiger partial charge is 0.409 e. The Labute approximate surface area is 147 Å². The average molecular weight is 345 g/mol. The number of ether oxygens (including phenoxy) is 1. The van der Waals surface area contributed by atoms with E-state index in [0.29, 0.717) is 39.0 Å². The summed E-state index contributed by atoms with van der Waals surface area (Å²) in [6.07, 6.45) is 1.22. The van der Waals surface area contributed by atoms with Crippen LogP contribution in [0.2, 0.25) is 0 Å². The van der Waals surface area contributed by atoms with Gasteiger partial charge in [-0.15, -0.1) is 0 Å². The third-order valence-corrected chi connectivity index (χ3v) is 4.91. The van der Waals surface area contributed by atoms with Gasteiger partial charge >= 0.3 is 6.09 Å². The van der Waals surface area contributed by atoms with Crippen LogP contribution >= 0.6 is 0 Å². The Morgan fingerprint density at radius 1 is 1.08 bits per heavy atom. The Balaban J connectivity index is 1.61. The number of amides is 3. The Hall–Kier alpha value is -2.57. The van der Waals surface area contributed by atoms with Gasteiger partial charge in [-0.2, -0.15) is 0 Å². The van der Waals surface area contributed by atoms with E-state index in [0.717, 1.165) is 23.2 Å². The van der Waals surface area contributed by atoms with Crippen molar-refractivity contribution in [2.45, 2.75) is 19.3 Å². The van der Waals surface area contributed by atoms with E-state index in [1.807, 2.05) is 18.2 Å². The van der Waals surface area contributed by atoms with Crippen molar-refractivity contribution < 1.29 is 19.1 Å². The Kier molecular flexibility index (Phi) is 4.92. The molecule has 25 heavy (non-hydrogen) atoms. The largest absolute Gasteiger partial charge is 0.453 e. The maximum absolute atomic E-state index is 12.5. The molecule has 2 aliphatic rings. The topological polar surface area (TPSA) is 70.2 Å². The first-order chi connectivity index (χ1) is 12.0. The van der Waals surface area contributed by atoms with Gasteiger partial charge < -0.3 is 19.4 Å². The van der Waals surface area contributed by atoms with Crippen molar-refractivity contribution >= 4 is 23.6 Å². The summed E-state index contributed by atoms with van der Waals surface area (Å²) in [6, 6.07) is 5.86. The minimum atomic E-state index is -0.347. The zero-order valence-electron chi connectivity index (χ0n) is 14.7. The zero-order chi connectivity index (χ0) is 18.0. The molecular weight excluding hydrogens is 322 g/mol. The maximum atomic E-state index is 12.5.